The third-order valence-corrected chi connectivity index (χ3v) is 6.76. The molecule has 2 unspecified atom stereocenters. The van der Waals surface area contributed by atoms with Gasteiger partial charge in [0.2, 0.25) is 0 Å². The third kappa shape index (κ3) is 6.96. The van der Waals surface area contributed by atoms with Crippen LogP contribution < -0.4 is 20.1 Å². The van der Waals surface area contributed by atoms with Gasteiger partial charge in [-0.05, 0) is 73.4 Å². The first-order valence-electron chi connectivity index (χ1n) is 12.9. The summed E-state index contributed by atoms with van der Waals surface area (Å²) in [6, 6.07) is 17.9. The van der Waals surface area contributed by atoms with Crippen molar-refractivity contribution in [3.63, 3.8) is 0 Å². The largest absolute Gasteiger partial charge is 0.495 e. The molecule has 0 saturated carbocycles. The molecule has 2 amide bonds. The van der Waals surface area contributed by atoms with Crippen molar-refractivity contribution in [3.05, 3.63) is 83.4 Å². The van der Waals surface area contributed by atoms with Crippen molar-refractivity contribution in [1.82, 2.24) is 4.90 Å². The Morgan fingerprint density at radius 2 is 1.73 bits per heavy atom. The number of urea groups is 1. The predicted octanol–water partition coefficient (Wildman–Crippen LogP) is 4.93. The number of amides is 2. The second-order valence-electron chi connectivity index (χ2n) is 9.46. The van der Waals surface area contributed by atoms with Gasteiger partial charge in [-0.15, -0.1) is 0 Å². The molecule has 1 heterocycles. The Morgan fingerprint density at radius 3 is 2.40 bits per heavy atom. The lowest BCUT2D eigenvalue weighted by atomic mass is 10.0. The molecule has 3 aromatic rings. The van der Waals surface area contributed by atoms with Gasteiger partial charge in [0.25, 0.3) is 6.41 Å². The van der Waals surface area contributed by atoms with E-state index in [2.05, 4.69) is 10.6 Å². The molecule has 0 bridgehead atoms. The number of nitrogens with one attached hydrogen (secondary N) is 2. The number of carbonyl (C=O) groups is 3. The summed E-state index contributed by atoms with van der Waals surface area (Å²) in [6.45, 7) is 2.53. The van der Waals surface area contributed by atoms with E-state index in [9.17, 15) is 14.4 Å². The molecule has 1 aliphatic heterocycles. The standard InChI is InChI=1S/C30H33N3O7/c1-19-7-4-5-8-23(19)31-29(37)32-24-15-10-20(18-27(24)38-2)17-26(34)25-9-6-16-33(25)30(39-3)40-22-13-11-21(12-14-22)28(35)36/h4-5,7-8,10-15,18,25,30H,6,9,16-17H2,1-3H3,(H,35,36)(H2,31,32,37). The third-order valence-electron chi connectivity index (χ3n) is 6.76. The van der Waals surface area contributed by atoms with Crippen LogP contribution in [0, 0.1) is 6.92 Å². The fourth-order valence-corrected chi connectivity index (χ4v) is 4.69. The number of aromatic carboxylic acids is 1. The number of carboxylic acid groups (broad SMARTS) is 1. The van der Waals surface area contributed by atoms with Crippen molar-refractivity contribution in [2.75, 3.05) is 31.4 Å². The number of para-hydroxylation sites is 1. The summed E-state index contributed by atoms with van der Waals surface area (Å²) in [5, 5.41) is 14.7. The SMILES string of the molecule is COc1cc(CC(=O)C2CCCN2C(OC)Oc2ccc(C(=O)O)cc2)ccc1NC(=O)Nc1ccccc1C. The molecule has 4 rings (SSSR count). The molecule has 210 valence electrons. The smallest absolute Gasteiger partial charge is 0.335 e. The molecule has 0 spiro atoms. The monoisotopic (exact) mass is 547 g/mol. The van der Waals surface area contributed by atoms with Gasteiger partial charge in [-0.2, -0.15) is 0 Å². The van der Waals surface area contributed by atoms with E-state index >= 15 is 0 Å². The number of nitrogens with zero attached hydrogens (tertiary/aromatic N) is 1. The van der Waals surface area contributed by atoms with E-state index in [0.29, 0.717) is 35.8 Å². The Morgan fingerprint density at radius 1 is 1.00 bits per heavy atom. The van der Waals surface area contributed by atoms with Gasteiger partial charge in [-0.25, -0.2) is 14.5 Å². The molecule has 1 aliphatic rings. The van der Waals surface area contributed by atoms with E-state index in [4.69, 9.17) is 19.3 Å². The van der Waals surface area contributed by atoms with Gasteiger partial charge >= 0.3 is 12.0 Å². The highest BCUT2D eigenvalue weighted by molar-refractivity contribution is 6.01. The van der Waals surface area contributed by atoms with Crippen molar-refractivity contribution in [1.29, 1.82) is 0 Å². The molecule has 0 aromatic heterocycles. The number of carbonyl (C=O) groups excluding carboxylic acids is 2. The Balaban J connectivity index is 1.40. The minimum atomic E-state index is -1.02. The molecule has 10 heteroatoms. The van der Waals surface area contributed by atoms with E-state index in [-0.39, 0.29) is 17.8 Å². The molecular weight excluding hydrogens is 514 g/mol. The summed E-state index contributed by atoms with van der Waals surface area (Å²) in [4.78, 5) is 38.9. The van der Waals surface area contributed by atoms with Crippen molar-refractivity contribution >= 4 is 29.2 Å². The highest BCUT2D eigenvalue weighted by Crippen LogP contribution is 2.29. The van der Waals surface area contributed by atoms with Crippen LogP contribution in [0.1, 0.15) is 34.3 Å². The van der Waals surface area contributed by atoms with Crippen LogP contribution in [-0.4, -0.2) is 61.0 Å². The number of ketones is 1. The molecule has 1 fully saturated rings. The second kappa shape index (κ2) is 13.1. The number of rotatable bonds is 11. The Bertz CT molecular complexity index is 1360. The fraction of sp³-hybridized carbons (Fsp3) is 0.300. The first kappa shape index (κ1) is 28.6. The second-order valence-corrected chi connectivity index (χ2v) is 9.46. The lowest BCUT2D eigenvalue weighted by Gasteiger charge is -2.31. The van der Waals surface area contributed by atoms with E-state index in [1.165, 1.54) is 26.4 Å². The maximum absolute atomic E-state index is 13.4. The number of likely N-dealkylation sites (tertiary alicyclic amines) is 1. The molecule has 1 saturated heterocycles. The first-order valence-corrected chi connectivity index (χ1v) is 12.9. The van der Waals surface area contributed by atoms with Crippen LogP contribution in [0.3, 0.4) is 0 Å². The number of anilines is 2. The van der Waals surface area contributed by atoms with Gasteiger partial charge in [0.05, 0.1) is 24.4 Å². The van der Waals surface area contributed by atoms with Gasteiger partial charge in [0.1, 0.15) is 11.5 Å². The van der Waals surface area contributed by atoms with Crippen LogP contribution in [0.4, 0.5) is 16.2 Å². The summed E-state index contributed by atoms with van der Waals surface area (Å²) in [6.07, 6.45) is 0.826. The van der Waals surface area contributed by atoms with Crippen molar-refractivity contribution < 1.29 is 33.7 Å². The molecule has 40 heavy (non-hydrogen) atoms. The van der Waals surface area contributed by atoms with Gasteiger partial charge in [-0.3, -0.25) is 4.79 Å². The molecule has 0 aliphatic carbocycles. The highest BCUT2D eigenvalue weighted by Gasteiger charge is 2.36. The van der Waals surface area contributed by atoms with E-state index in [1.807, 2.05) is 36.1 Å². The van der Waals surface area contributed by atoms with E-state index < -0.39 is 24.5 Å². The number of carboxylic acids is 1. The molecule has 2 atom stereocenters. The number of hydrogen-bond acceptors (Lipinski definition) is 7. The first-order chi connectivity index (χ1) is 19.3. The predicted molar refractivity (Wildman–Crippen MR) is 150 cm³/mol. The number of aryl methyl sites for hydroxylation is 1. The van der Waals surface area contributed by atoms with Gasteiger partial charge in [0, 0.05) is 25.8 Å². The van der Waals surface area contributed by atoms with Crippen LogP contribution in [0.2, 0.25) is 0 Å². The van der Waals surface area contributed by atoms with Crippen LogP contribution >= 0.6 is 0 Å². The number of hydrogen-bond donors (Lipinski definition) is 3. The van der Waals surface area contributed by atoms with Gasteiger partial charge in [0.15, 0.2) is 5.78 Å². The average Bonchev–Trinajstić information content (AvgIpc) is 3.44. The topological polar surface area (TPSA) is 126 Å². The zero-order valence-corrected chi connectivity index (χ0v) is 22.7. The van der Waals surface area contributed by atoms with Crippen LogP contribution in [0.15, 0.2) is 66.7 Å². The molecule has 3 N–H and O–H groups in total. The van der Waals surface area contributed by atoms with Crippen molar-refractivity contribution in [3.8, 4) is 11.5 Å². The highest BCUT2D eigenvalue weighted by atomic mass is 16.7. The summed E-state index contributed by atoms with van der Waals surface area (Å²) >= 11 is 0. The zero-order valence-electron chi connectivity index (χ0n) is 22.7. The molecular formula is C30H33N3O7. The number of ether oxygens (including phenoxy) is 3. The van der Waals surface area contributed by atoms with E-state index in [1.54, 1.807) is 30.3 Å². The zero-order chi connectivity index (χ0) is 28.6. The number of methoxy groups -OCH3 is 2. The normalized spacial score (nSPS) is 15.7. The van der Waals surface area contributed by atoms with Crippen LogP contribution in [0.25, 0.3) is 0 Å². The number of benzene rings is 3. The van der Waals surface area contributed by atoms with E-state index in [0.717, 1.165) is 17.5 Å². The van der Waals surface area contributed by atoms with Crippen LogP contribution in [0.5, 0.6) is 11.5 Å². The molecule has 3 aromatic carbocycles. The van der Waals surface area contributed by atoms with Crippen molar-refractivity contribution in [2.45, 2.75) is 38.6 Å². The van der Waals surface area contributed by atoms with Gasteiger partial charge in [-0.1, -0.05) is 24.3 Å². The Hall–Kier alpha value is -4.41. The summed E-state index contributed by atoms with van der Waals surface area (Å²) in [5.41, 5.74) is 3.03. The number of Topliss-reactive ketones (excluding diaryl/α,β-unsaturated/α-hetero) is 1. The summed E-state index contributed by atoms with van der Waals surface area (Å²) in [7, 11) is 3.01. The quantitative estimate of drug-likeness (QED) is 0.289. The lowest BCUT2D eigenvalue weighted by Crippen LogP contribution is -2.47. The Kier molecular flexibility index (Phi) is 9.36. The minimum Gasteiger partial charge on any atom is -0.495 e. The van der Waals surface area contributed by atoms with Crippen molar-refractivity contribution in [2.24, 2.45) is 0 Å². The fourth-order valence-electron chi connectivity index (χ4n) is 4.69. The summed E-state index contributed by atoms with van der Waals surface area (Å²) < 4.78 is 17.0. The lowest BCUT2D eigenvalue weighted by molar-refractivity contribution is -0.168. The summed E-state index contributed by atoms with van der Waals surface area (Å²) in [5.74, 6) is -0.138. The maximum Gasteiger partial charge on any atom is 0.335 e. The average molecular weight is 548 g/mol. The minimum absolute atomic E-state index is 0.00410. The van der Waals surface area contributed by atoms with Crippen LogP contribution in [-0.2, 0) is 16.0 Å². The van der Waals surface area contributed by atoms with Gasteiger partial charge < -0.3 is 30.0 Å². The Labute approximate surface area is 232 Å². The molecule has 10 nitrogen and oxygen atoms in total. The maximum atomic E-state index is 13.4. The molecule has 0 radical (unpaired) electrons.